The Labute approximate surface area is 212 Å². The Morgan fingerprint density at radius 1 is 0.743 bits per heavy atom. The van der Waals surface area contributed by atoms with Crippen LogP contribution in [0.25, 0.3) is 0 Å². The van der Waals surface area contributed by atoms with Gasteiger partial charge in [-0.1, -0.05) is 26.8 Å². The molecule has 9 fully saturated rings. The Balaban J connectivity index is 1.30. The van der Waals surface area contributed by atoms with E-state index in [0.29, 0.717) is 16.9 Å². The zero-order valence-corrected chi connectivity index (χ0v) is 22.4. The van der Waals surface area contributed by atoms with E-state index in [9.17, 15) is 0 Å². The van der Waals surface area contributed by atoms with Gasteiger partial charge in [0, 0.05) is 5.56 Å². The molecule has 1 aromatic carbocycles. The first-order chi connectivity index (χ1) is 16.8. The molecule has 0 N–H and O–H groups in total. The molecule has 190 valence electrons. The van der Waals surface area contributed by atoms with Crippen LogP contribution >= 0.6 is 0 Å². The van der Waals surface area contributed by atoms with Crippen molar-refractivity contribution in [2.24, 2.45) is 35.5 Å². The third-order valence-electron chi connectivity index (χ3n) is 11.9. The fourth-order valence-corrected chi connectivity index (χ4v) is 11.5. The predicted octanol–water partition coefficient (Wildman–Crippen LogP) is 7.70. The van der Waals surface area contributed by atoms with Crippen molar-refractivity contribution in [1.82, 2.24) is 0 Å². The van der Waals surface area contributed by atoms with E-state index in [1.54, 1.807) is 16.7 Å². The first kappa shape index (κ1) is 22.0. The maximum Gasteiger partial charge on any atom is 0.123 e. The Morgan fingerprint density at radius 3 is 1.63 bits per heavy atom. The van der Waals surface area contributed by atoms with Crippen LogP contribution in [0.2, 0.25) is 0 Å². The molecular formula is C33H46O2. The zero-order valence-electron chi connectivity index (χ0n) is 22.4. The molecule has 1 aromatic rings. The molecule has 1 atom stereocenters. The normalized spacial score (nSPS) is 46.9. The van der Waals surface area contributed by atoms with E-state index >= 15 is 0 Å². The standard InChI is InChI=1S/C33H46O2/c1-31(2,3)30-28(33-15-23-7-24(16-33)9-25(8-23)17-33)10-26(11-29(30)35-19-27-18-34-27)32-12-20-4-21(13-32)6-22(5-20)14-32/h10-11,20-25,27H,4-9,12-19H2,1-3H3. The fraction of sp³-hybridized carbons (Fsp3) is 0.818. The molecule has 2 heteroatoms. The van der Waals surface area contributed by atoms with Crippen LogP contribution in [0.5, 0.6) is 5.75 Å². The van der Waals surface area contributed by atoms with Gasteiger partial charge in [0.25, 0.3) is 0 Å². The molecule has 1 aliphatic heterocycles. The number of rotatable bonds is 5. The van der Waals surface area contributed by atoms with Gasteiger partial charge in [-0.25, -0.2) is 0 Å². The second-order valence-corrected chi connectivity index (χ2v) is 15.8. The van der Waals surface area contributed by atoms with E-state index < -0.39 is 0 Å². The van der Waals surface area contributed by atoms with Crippen molar-refractivity contribution < 1.29 is 9.47 Å². The van der Waals surface area contributed by atoms with E-state index in [1.165, 1.54) is 82.8 Å². The van der Waals surface area contributed by atoms with Gasteiger partial charge in [0.2, 0.25) is 0 Å². The SMILES string of the molecule is CC(C)(C)c1c(OCC2CO2)cc(C23CC4CC(CC(C4)C2)C3)cc1C12CC3CC(CC(C3)C1)C2. The number of hydrogen-bond donors (Lipinski definition) is 0. The summed E-state index contributed by atoms with van der Waals surface area (Å²) in [6.45, 7) is 8.93. The van der Waals surface area contributed by atoms with Gasteiger partial charge in [-0.3, -0.25) is 0 Å². The van der Waals surface area contributed by atoms with Gasteiger partial charge >= 0.3 is 0 Å². The summed E-state index contributed by atoms with van der Waals surface area (Å²) in [7, 11) is 0. The summed E-state index contributed by atoms with van der Waals surface area (Å²) in [5, 5.41) is 0. The van der Waals surface area contributed by atoms with E-state index in [4.69, 9.17) is 9.47 Å². The Hall–Kier alpha value is -1.02. The van der Waals surface area contributed by atoms with Crippen molar-refractivity contribution in [3.63, 3.8) is 0 Å². The van der Waals surface area contributed by atoms with Crippen LogP contribution in [0, 0.1) is 35.5 Å². The van der Waals surface area contributed by atoms with Crippen LogP contribution in [0.3, 0.4) is 0 Å². The summed E-state index contributed by atoms with van der Waals surface area (Å²) >= 11 is 0. The minimum atomic E-state index is 0.0956. The third-order valence-corrected chi connectivity index (χ3v) is 11.9. The predicted molar refractivity (Wildman–Crippen MR) is 140 cm³/mol. The summed E-state index contributed by atoms with van der Waals surface area (Å²) < 4.78 is 12.4. The van der Waals surface area contributed by atoms with Crippen LogP contribution in [-0.2, 0) is 21.0 Å². The molecular weight excluding hydrogens is 428 g/mol. The minimum Gasteiger partial charge on any atom is -0.490 e. The van der Waals surface area contributed by atoms with Crippen molar-refractivity contribution in [2.75, 3.05) is 13.2 Å². The first-order valence-electron chi connectivity index (χ1n) is 15.2. The average molecular weight is 475 g/mol. The van der Waals surface area contributed by atoms with E-state index in [-0.39, 0.29) is 5.41 Å². The van der Waals surface area contributed by atoms with Crippen molar-refractivity contribution in [3.8, 4) is 5.75 Å². The maximum atomic E-state index is 6.77. The quantitative estimate of drug-likeness (QED) is 0.408. The molecule has 0 amide bonds. The highest BCUT2D eigenvalue weighted by Gasteiger charge is 2.55. The number of benzene rings is 1. The summed E-state index contributed by atoms with van der Waals surface area (Å²) in [6, 6.07) is 5.39. The highest BCUT2D eigenvalue weighted by atomic mass is 16.6. The van der Waals surface area contributed by atoms with Gasteiger partial charge < -0.3 is 9.47 Å². The monoisotopic (exact) mass is 474 g/mol. The van der Waals surface area contributed by atoms with E-state index in [1.807, 2.05) is 0 Å². The van der Waals surface area contributed by atoms with Crippen LogP contribution < -0.4 is 4.74 Å². The zero-order chi connectivity index (χ0) is 23.6. The van der Waals surface area contributed by atoms with Crippen LogP contribution in [0.1, 0.15) is 115 Å². The Kier molecular flexibility index (Phi) is 4.59. The maximum absolute atomic E-state index is 6.77. The van der Waals surface area contributed by atoms with Gasteiger partial charge in [0.15, 0.2) is 0 Å². The van der Waals surface area contributed by atoms with Crippen molar-refractivity contribution in [1.29, 1.82) is 0 Å². The highest BCUT2D eigenvalue weighted by Crippen LogP contribution is 2.65. The lowest BCUT2D eigenvalue weighted by atomic mass is 9.46. The second kappa shape index (κ2) is 7.30. The lowest BCUT2D eigenvalue weighted by Crippen LogP contribution is -2.50. The molecule has 1 saturated heterocycles. The van der Waals surface area contributed by atoms with E-state index in [2.05, 4.69) is 32.9 Å². The molecule has 0 radical (unpaired) electrons. The Morgan fingerprint density at radius 2 is 1.20 bits per heavy atom. The van der Waals surface area contributed by atoms with Gasteiger partial charge in [-0.2, -0.15) is 0 Å². The molecule has 0 spiro atoms. The fourth-order valence-electron chi connectivity index (χ4n) is 11.5. The van der Waals surface area contributed by atoms with Gasteiger partial charge in [0.1, 0.15) is 18.5 Å². The molecule has 10 rings (SSSR count). The smallest absolute Gasteiger partial charge is 0.123 e. The molecule has 9 aliphatic rings. The van der Waals surface area contributed by atoms with Crippen LogP contribution in [-0.4, -0.2) is 19.3 Å². The van der Waals surface area contributed by atoms with Gasteiger partial charge in [-0.05, 0) is 146 Å². The first-order valence-corrected chi connectivity index (χ1v) is 15.2. The van der Waals surface area contributed by atoms with Gasteiger partial charge in [-0.15, -0.1) is 0 Å². The molecule has 0 aromatic heterocycles. The van der Waals surface area contributed by atoms with E-state index in [0.717, 1.165) is 48.7 Å². The molecule has 8 bridgehead atoms. The van der Waals surface area contributed by atoms with Crippen molar-refractivity contribution >= 4 is 0 Å². The van der Waals surface area contributed by atoms with Crippen LogP contribution in [0.4, 0.5) is 0 Å². The third kappa shape index (κ3) is 3.51. The number of hydrogen-bond acceptors (Lipinski definition) is 2. The van der Waals surface area contributed by atoms with Crippen molar-refractivity contribution in [2.45, 2.75) is 120 Å². The lowest BCUT2D eigenvalue weighted by molar-refractivity contribution is -0.00912. The molecule has 35 heavy (non-hydrogen) atoms. The highest BCUT2D eigenvalue weighted by molar-refractivity contribution is 5.54. The number of epoxide rings is 1. The molecule has 2 nitrogen and oxygen atoms in total. The second-order valence-electron chi connectivity index (χ2n) is 15.8. The topological polar surface area (TPSA) is 21.8 Å². The van der Waals surface area contributed by atoms with Crippen molar-refractivity contribution in [3.05, 3.63) is 28.8 Å². The molecule has 1 heterocycles. The molecule has 1 unspecified atom stereocenters. The number of ether oxygens (including phenoxy) is 2. The summed E-state index contributed by atoms with van der Waals surface area (Å²) in [5.41, 5.74) is 5.90. The minimum absolute atomic E-state index is 0.0956. The Bertz CT molecular complexity index is 954. The molecule has 8 saturated carbocycles. The van der Waals surface area contributed by atoms with Crippen LogP contribution in [0.15, 0.2) is 12.1 Å². The summed E-state index contributed by atoms with van der Waals surface area (Å²) in [5.74, 6) is 7.10. The summed E-state index contributed by atoms with van der Waals surface area (Å²) in [4.78, 5) is 0. The lowest BCUT2D eigenvalue weighted by Gasteiger charge is -2.59. The molecule has 8 aliphatic carbocycles. The summed E-state index contributed by atoms with van der Waals surface area (Å²) in [6.07, 6.45) is 18.1. The average Bonchev–Trinajstić information content (AvgIpc) is 3.59. The largest absolute Gasteiger partial charge is 0.490 e. The van der Waals surface area contributed by atoms with Gasteiger partial charge in [0.05, 0.1) is 6.61 Å².